The molecule has 1 saturated carbocycles. The predicted molar refractivity (Wildman–Crippen MR) is 73.4 cm³/mol. The summed E-state index contributed by atoms with van der Waals surface area (Å²) in [7, 11) is 0. The lowest BCUT2D eigenvalue weighted by Gasteiger charge is -2.12. The van der Waals surface area contributed by atoms with Gasteiger partial charge in [0.15, 0.2) is 0 Å². The van der Waals surface area contributed by atoms with E-state index in [1.807, 2.05) is 23.9 Å². The van der Waals surface area contributed by atoms with E-state index in [0.29, 0.717) is 17.8 Å². The Hall–Kier alpha value is -0.510. The normalized spacial score (nSPS) is 17.4. The van der Waals surface area contributed by atoms with E-state index in [4.69, 9.17) is 0 Å². The fraction of sp³-hybridized carbons (Fsp3) is 0.571. The lowest BCUT2D eigenvalue weighted by atomic mass is 10.1. The van der Waals surface area contributed by atoms with Crippen LogP contribution in [0, 0.1) is 0 Å². The molecule has 0 aliphatic heterocycles. The fourth-order valence-electron chi connectivity index (χ4n) is 1.72. The van der Waals surface area contributed by atoms with Crippen LogP contribution in [-0.2, 0) is 0 Å². The molecule has 1 aliphatic carbocycles. The first kappa shape index (κ1) is 12.9. The molecule has 2 rings (SSSR count). The second kappa shape index (κ2) is 5.89. The average Bonchev–Trinajstić information content (AvgIpc) is 3.10. The highest BCUT2D eigenvalue weighted by molar-refractivity contribution is 7.99. The SMILES string of the molecule is CC(C)Sc1ccc(C(O)CNC2CC2)cc1. The Kier molecular flexibility index (Phi) is 4.48. The maximum Gasteiger partial charge on any atom is 0.0914 e. The highest BCUT2D eigenvalue weighted by Crippen LogP contribution is 2.25. The van der Waals surface area contributed by atoms with Gasteiger partial charge >= 0.3 is 0 Å². The molecule has 0 radical (unpaired) electrons. The zero-order valence-electron chi connectivity index (χ0n) is 10.5. The molecule has 0 spiro atoms. The lowest BCUT2D eigenvalue weighted by molar-refractivity contribution is 0.174. The Morgan fingerprint density at radius 3 is 2.47 bits per heavy atom. The quantitative estimate of drug-likeness (QED) is 0.762. The molecule has 2 nitrogen and oxygen atoms in total. The molecule has 3 heteroatoms. The van der Waals surface area contributed by atoms with Gasteiger partial charge in [0, 0.05) is 22.7 Å². The van der Waals surface area contributed by atoms with Gasteiger partial charge in [-0.1, -0.05) is 26.0 Å². The van der Waals surface area contributed by atoms with Crippen LogP contribution in [0.2, 0.25) is 0 Å². The molecule has 17 heavy (non-hydrogen) atoms. The number of nitrogens with one attached hydrogen (secondary N) is 1. The van der Waals surface area contributed by atoms with Crippen LogP contribution in [0.15, 0.2) is 29.2 Å². The zero-order chi connectivity index (χ0) is 12.3. The Labute approximate surface area is 108 Å². The minimum absolute atomic E-state index is 0.381. The van der Waals surface area contributed by atoms with Gasteiger partial charge in [-0.15, -0.1) is 11.8 Å². The summed E-state index contributed by atoms with van der Waals surface area (Å²) in [6.45, 7) is 5.04. The first-order valence-corrected chi connectivity index (χ1v) is 7.21. The number of hydrogen-bond acceptors (Lipinski definition) is 3. The van der Waals surface area contributed by atoms with E-state index >= 15 is 0 Å². The Bertz CT molecular complexity index is 346. The van der Waals surface area contributed by atoms with Crippen LogP contribution in [0.1, 0.15) is 38.4 Å². The van der Waals surface area contributed by atoms with Crippen molar-refractivity contribution < 1.29 is 5.11 Å². The third-order valence-electron chi connectivity index (χ3n) is 2.81. The molecular formula is C14H21NOS. The standard InChI is InChI=1S/C14H21NOS/c1-10(2)17-13-7-3-11(4-8-13)14(16)9-15-12-5-6-12/h3-4,7-8,10,12,14-16H,5-6,9H2,1-2H3. The summed E-state index contributed by atoms with van der Waals surface area (Å²) in [5.74, 6) is 0. The molecule has 1 aromatic carbocycles. The highest BCUT2D eigenvalue weighted by atomic mass is 32.2. The number of thioether (sulfide) groups is 1. The molecule has 1 aromatic rings. The molecule has 1 fully saturated rings. The predicted octanol–water partition coefficient (Wildman–Crippen LogP) is 2.97. The Morgan fingerprint density at radius 2 is 1.94 bits per heavy atom. The van der Waals surface area contributed by atoms with Gasteiger partial charge in [-0.25, -0.2) is 0 Å². The molecule has 1 unspecified atom stereocenters. The number of benzene rings is 1. The average molecular weight is 251 g/mol. The Balaban J connectivity index is 1.86. The topological polar surface area (TPSA) is 32.3 Å². The number of aliphatic hydroxyl groups is 1. The van der Waals surface area contributed by atoms with Gasteiger partial charge in [0.05, 0.1) is 6.10 Å². The van der Waals surface area contributed by atoms with Crippen molar-refractivity contribution in [2.24, 2.45) is 0 Å². The summed E-state index contributed by atoms with van der Waals surface area (Å²) >= 11 is 1.85. The molecule has 0 amide bonds. The van der Waals surface area contributed by atoms with Gasteiger partial charge < -0.3 is 10.4 Å². The van der Waals surface area contributed by atoms with Gasteiger partial charge in [-0.2, -0.15) is 0 Å². The van der Waals surface area contributed by atoms with Gasteiger partial charge in [-0.05, 0) is 30.5 Å². The first-order chi connectivity index (χ1) is 8.15. The number of aliphatic hydroxyl groups excluding tert-OH is 1. The van der Waals surface area contributed by atoms with Gasteiger partial charge in [-0.3, -0.25) is 0 Å². The summed E-state index contributed by atoms with van der Waals surface area (Å²) < 4.78 is 0. The van der Waals surface area contributed by atoms with Crippen LogP contribution >= 0.6 is 11.8 Å². The van der Waals surface area contributed by atoms with Crippen LogP contribution in [0.3, 0.4) is 0 Å². The van der Waals surface area contributed by atoms with Crippen LogP contribution in [0.25, 0.3) is 0 Å². The molecule has 94 valence electrons. The van der Waals surface area contributed by atoms with Crippen molar-refractivity contribution in [1.82, 2.24) is 5.32 Å². The fourth-order valence-corrected chi connectivity index (χ4v) is 2.56. The van der Waals surface area contributed by atoms with E-state index in [1.54, 1.807) is 0 Å². The molecule has 0 heterocycles. The molecule has 0 aromatic heterocycles. The maximum atomic E-state index is 10.0. The van der Waals surface area contributed by atoms with Crippen molar-refractivity contribution in [3.63, 3.8) is 0 Å². The molecule has 1 aliphatic rings. The van der Waals surface area contributed by atoms with E-state index in [1.165, 1.54) is 17.7 Å². The van der Waals surface area contributed by atoms with Crippen molar-refractivity contribution >= 4 is 11.8 Å². The lowest BCUT2D eigenvalue weighted by Crippen LogP contribution is -2.23. The van der Waals surface area contributed by atoms with Gasteiger partial charge in [0.2, 0.25) is 0 Å². The second-order valence-corrected chi connectivity index (χ2v) is 6.58. The second-order valence-electron chi connectivity index (χ2n) is 4.93. The molecule has 0 saturated heterocycles. The van der Waals surface area contributed by atoms with E-state index in [0.717, 1.165) is 5.56 Å². The molecule has 0 bridgehead atoms. The van der Waals surface area contributed by atoms with Crippen molar-refractivity contribution in [3.05, 3.63) is 29.8 Å². The largest absolute Gasteiger partial charge is 0.387 e. The molecule has 2 N–H and O–H groups in total. The van der Waals surface area contributed by atoms with Gasteiger partial charge in [0.1, 0.15) is 0 Å². The van der Waals surface area contributed by atoms with E-state index in [9.17, 15) is 5.11 Å². The molecule has 1 atom stereocenters. The number of hydrogen-bond donors (Lipinski definition) is 2. The van der Waals surface area contributed by atoms with Gasteiger partial charge in [0.25, 0.3) is 0 Å². The molecular weight excluding hydrogens is 230 g/mol. The van der Waals surface area contributed by atoms with Crippen molar-refractivity contribution in [2.45, 2.75) is 49.0 Å². The minimum Gasteiger partial charge on any atom is -0.387 e. The van der Waals surface area contributed by atoms with Crippen molar-refractivity contribution in [2.75, 3.05) is 6.54 Å². The summed E-state index contributed by atoms with van der Waals surface area (Å²) in [6, 6.07) is 8.91. The van der Waals surface area contributed by atoms with Crippen LogP contribution in [0.5, 0.6) is 0 Å². The zero-order valence-corrected chi connectivity index (χ0v) is 11.3. The summed E-state index contributed by atoms with van der Waals surface area (Å²) in [6.07, 6.45) is 2.14. The summed E-state index contributed by atoms with van der Waals surface area (Å²) in [5.41, 5.74) is 1.01. The van der Waals surface area contributed by atoms with E-state index in [-0.39, 0.29) is 6.10 Å². The van der Waals surface area contributed by atoms with Crippen molar-refractivity contribution in [1.29, 1.82) is 0 Å². The third-order valence-corrected chi connectivity index (χ3v) is 3.83. The minimum atomic E-state index is -0.381. The summed E-state index contributed by atoms with van der Waals surface area (Å²) in [5, 5.41) is 13.9. The smallest absolute Gasteiger partial charge is 0.0914 e. The van der Waals surface area contributed by atoms with E-state index in [2.05, 4.69) is 31.3 Å². The summed E-state index contributed by atoms with van der Waals surface area (Å²) in [4.78, 5) is 1.27. The number of rotatable bonds is 6. The first-order valence-electron chi connectivity index (χ1n) is 6.33. The third kappa shape index (κ3) is 4.34. The highest BCUT2D eigenvalue weighted by Gasteiger charge is 2.21. The van der Waals surface area contributed by atoms with Crippen LogP contribution in [-0.4, -0.2) is 22.9 Å². The monoisotopic (exact) mass is 251 g/mol. The van der Waals surface area contributed by atoms with E-state index < -0.39 is 0 Å². The Morgan fingerprint density at radius 1 is 1.29 bits per heavy atom. The van der Waals surface area contributed by atoms with Crippen molar-refractivity contribution in [3.8, 4) is 0 Å². The van der Waals surface area contributed by atoms with Crippen LogP contribution < -0.4 is 5.32 Å². The van der Waals surface area contributed by atoms with Crippen LogP contribution in [0.4, 0.5) is 0 Å². The maximum absolute atomic E-state index is 10.0.